The Morgan fingerprint density at radius 2 is 0.400 bits per heavy atom. The van der Waals surface area contributed by atoms with Crippen LogP contribution in [0.1, 0.15) is 12.8 Å². The molecule has 206 valence electrons. The second kappa shape index (κ2) is 19.6. The summed E-state index contributed by atoms with van der Waals surface area (Å²) in [6.07, 6.45) is 0.828. The molecule has 0 aromatic rings. The lowest BCUT2D eigenvalue weighted by atomic mass is 9.89. The van der Waals surface area contributed by atoms with Gasteiger partial charge >= 0.3 is 0 Å². The van der Waals surface area contributed by atoms with Crippen molar-refractivity contribution < 1.29 is 52.1 Å². The number of hydrogen-bond acceptors (Lipinski definition) is 11. The van der Waals surface area contributed by atoms with E-state index in [4.69, 9.17) is 52.1 Å². The Hall–Kier alpha value is -0.440. The van der Waals surface area contributed by atoms with Gasteiger partial charge in [-0.1, -0.05) is 0 Å². The van der Waals surface area contributed by atoms with E-state index < -0.39 is 0 Å². The van der Waals surface area contributed by atoms with E-state index in [1.165, 1.54) is 0 Å². The minimum absolute atomic E-state index is 0.120. The highest BCUT2D eigenvalue weighted by molar-refractivity contribution is 4.89. The molecule has 11 heteroatoms. The highest BCUT2D eigenvalue weighted by atomic mass is 16.6. The molecule has 0 aromatic heterocycles. The van der Waals surface area contributed by atoms with Crippen LogP contribution in [0.15, 0.2) is 0 Å². The Balaban J connectivity index is 1.53. The SMILES string of the molecule is C1COCCOCCO[C@@H]2C[C@H]3OCCOCCOCCOCCO[C@@H]3C[C@H]2OCCOCCO1. The van der Waals surface area contributed by atoms with Gasteiger partial charge in [0.1, 0.15) is 0 Å². The van der Waals surface area contributed by atoms with Crippen molar-refractivity contribution in [1.82, 2.24) is 0 Å². The molecule has 0 aromatic carbocycles. The Morgan fingerprint density at radius 1 is 0.229 bits per heavy atom. The Kier molecular flexibility index (Phi) is 16.3. The van der Waals surface area contributed by atoms with Gasteiger partial charge in [0.05, 0.1) is 143 Å². The molecule has 3 aliphatic rings. The molecule has 3 rings (SSSR count). The monoisotopic (exact) mass is 508 g/mol. The van der Waals surface area contributed by atoms with Gasteiger partial charge in [-0.2, -0.15) is 0 Å². The van der Waals surface area contributed by atoms with Crippen molar-refractivity contribution in [1.29, 1.82) is 0 Å². The van der Waals surface area contributed by atoms with Crippen molar-refractivity contribution >= 4 is 0 Å². The molecule has 0 bridgehead atoms. The second-order valence-electron chi connectivity index (χ2n) is 8.39. The van der Waals surface area contributed by atoms with Gasteiger partial charge in [0.15, 0.2) is 0 Å². The highest BCUT2D eigenvalue weighted by Gasteiger charge is 2.39. The van der Waals surface area contributed by atoms with Crippen molar-refractivity contribution in [2.75, 3.05) is 119 Å². The van der Waals surface area contributed by atoms with E-state index in [1.54, 1.807) is 0 Å². The zero-order chi connectivity index (χ0) is 24.2. The largest absolute Gasteiger partial charge is 0.377 e. The van der Waals surface area contributed by atoms with E-state index in [1.807, 2.05) is 0 Å². The van der Waals surface area contributed by atoms with Crippen molar-refractivity contribution in [3.8, 4) is 0 Å². The normalized spacial score (nSPS) is 33.6. The lowest BCUT2D eigenvalue weighted by Gasteiger charge is -2.40. The predicted octanol–water partition coefficient (Wildman–Crippen LogP) is 0.464. The number of ether oxygens (including phenoxy) is 11. The quantitative estimate of drug-likeness (QED) is 0.456. The fourth-order valence-corrected chi connectivity index (χ4v) is 4.10. The molecular formula is C24H44O11. The van der Waals surface area contributed by atoms with E-state index in [9.17, 15) is 0 Å². The van der Waals surface area contributed by atoms with Crippen LogP contribution in [0, 0.1) is 0 Å². The van der Waals surface area contributed by atoms with Gasteiger partial charge in [0.25, 0.3) is 0 Å². The Labute approximate surface area is 208 Å². The van der Waals surface area contributed by atoms with E-state index in [0.717, 1.165) is 0 Å². The number of fused-ring (bicyclic) bond motifs is 2. The molecule has 0 amide bonds. The van der Waals surface area contributed by atoms with E-state index in [-0.39, 0.29) is 24.4 Å². The van der Waals surface area contributed by atoms with Crippen molar-refractivity contribution in [2.24, 2.45) is 0 Å². The van der Waals surface area contributed by atoms with Crippen molar-refractivity contribution in [3.63, 3.8) is 0 Å². The van der Waals surface area contributed by atoms with Crippen LogP contribution in [0.5, 0.6) is 0 Å². The zero-order valence-electron chi connectivity index (χ0n) is 20.9. The Morgan fingerprint density at radius 3 is 0.600 bits per heavy atom. The third-order valence-electron chi connectivity index (χ3n) is 5.86. The molecule has 0 radical (unpaired) electrons. The maximum Gasteiger partial charge on any atom is 0.0864 e. The smallest absolute Gasteiger partial charge is 0.0864 e. The molecule has 0 spiro atoms. The summed E-state index contributed by atoms with van der Waals surface area (Å²) in [6.45, 7) is 9.26. The van der Waals surface area contributed by atoms with Gasteiger partial charge in [-0.25, -0.2) is 0 Å². The third-order valence-corrected chi connectivity index (χ3v) is 5.86. The maximum absolute atomic E-state index is 6.21. The lowest BCUT2D eigenvalue weighted by Crippen LogP contribution is -2.50. The minimum Gasteiger partial charge on any atom is -0.377 e. The van der Waals surface area contributed by atoms with Crippen LogP contribution in [-0.2, 0) is 52.1 Å². The van der Waals surface area contributed by atoms with Crippen LogP contribution in [-0.4, -0.2) is 143 Å². The number of rotatable bonds is 0. The average Bonchev–Trinajstić information content (AvgIpc) is 2.87. The fourth-order valence-electron chi connectivity index (χ4n) is 4.10. The van der Waals surface area contributed by atoms with Gasteiger partial charge in [-0.3, -0.25) is 0 Å². The fraction of sp³-hybridized carbons (Fsp3) is 1.00. The van der Waals surface area contributed by atoms with Crippen LogP contribution in [0.4, 0.5) is 0 Å². The summed E-state index contributed by atoms with van der Waals surface area (Å²) < 4.78 is 63.7. The summed E-state index contributed by atoms with van der Waals surface area (Å²) in [5.74, 6) is 0. The van der Waals surface area contributed by atoms with Crippen molar-refractivity contribution in [3.05, 3.63) is 0 Å². The minimum atomic E-state index is -0.130. The second-order valence-corrected chi connectivity index (χ2v) is 8.39. The standard InChI is InChI=1S/C24H44O11/c1-2-26-4-8-29-12-16-33-22-20-24-23(19-21(22)32-15-11-28-7-3-25-1)34-17-13-30-9-5-27-6-10-31-14-18-35-24/h21-24H,1-20H2/t21-,22-,23-,24-/m1/s1. The molecular weight excluding hydrogens is 464 g/mol. The third kappa shape index (κ3) is 13.1. The zero-order valence-corrected chi connectivity index (χ0v) is 20.9. The first-order valence-electron chi connectivity index (χ1n) is 12.9. The van der Waals surface area contributed by atoms with E-state index in [2.05, 4.69) is 0 Å². The van der Waals surface area contributed by atoms with Gasteiger partial charge < -0.3 is 52.1 Å². The molecule has 3 fully saturated rings. The summed E-state index contributed by atoms with van der Waals surface area (Å²) in [5, 5.41) is 0. The van der Waals surface area contributed by atoms with Gasteiger partial charge in [-0.05, 0) is 0 Å². The first kappa shape index (κ1) is 29.1. The average molecular weight is 509 g/mol. The van der Waals surface area contributed by atoms with Gasteiger partial charge in [0.2, 0.25) is 0 Å². The first-order valence-corrected chi connectivity index (χ1v) is 12.9. The topological polar surface area (TPSA) is 102 Å². The van der Waals surface area contributed by atoms with Crippen LogP contribution < -0.4 is 0 Å². The molecule has 2 aliphatic heterocycles. The molecule has 11 nitrogen and oxygen atoms in total. The molecule has 0 unspecified atom stereocenters. The van der Waals surface area contributed by atoms with Crippen LogP contribution in [0.25, 0.3) is 0 Å². The highest BCUT2D eigenvalue weighted by Crippen LogP contribution is 2.29. The molecule has 0 N–H and O–H groups in total. The van der Waals surface area contributed by atoms with Gasteiger partial charge in [-0.15, -0.1) is 0 Å². The summed E-state index contributed by atoms with van der Waals surface area (Å²) in [5.41, 5.74) is 0. The summed E-state index contributed by atoms with van der Waals surface area (Å²) in [4.78, 5) is 0. The van der Waals surface area contributed by atoms with E-state index >= 15 is 0 Å². The summed E-state index contributed by atoms with van der Waals surface area (Å²) in [6, 6.07) is 0. The predicted molar refractivity (Wildman–Crippen MR) is 124 cm³/mol. The molecule has 4 atom stereocenters. The molecule has 1 aliphatic carbocycles. The summed E-state index contributed by atoms with van der Waals surface area (Å²) >= 11 is 0. The molecule has 2 saturated heterocycles. The van der Waals surface area contributed by atoms with Crippen LogP contribution in [0.3, 0.4) is 0 Å². The Bertz CT molecular complexity index is 456. The number of hydrogen-bond donors (Lipinski definition) is 0. The lowest BCUT2D eigenvalue weighted by molar-refractivity contribution is -0.186. The molecule has 35 heavy (non-hydrogen) atoms. The van der Waals surface area contributed by atoms with E-state index in [0.29, 0.717) is 132 Å². The maximum atomic E-state index is 6.21. The summed E-state index contributed by atoms with van der Waals surface area (Å²) in [7, 11) is 0. The molecule has 2 heterocycles. The van der Waals surface area contributed by atoms with Gasteiger partial charge in [0, 0.05) is 12.8 Å². The van der Waals surface area contributed by atoms with Crippen LogP contribution >= 0.6 is 0 Å². The first-order chi connectivity index (χ1) is 17.4. The molecule has 1 saturated carbocycles. The van der Waals surface area contributed by atoms with Crippen LogP contribution in [0.2, 0.25) is 0 Å². The van der Waals surface area contributed by atoms with Crippen molar-refractivity contribution in [2.45, 2.75) is 37.3 Å².